The highest BCUT2D eigenvalue weighted by molar-refractivity contribution is 9.10. The average molecular weight is 300 g/mol. The van der Waals surface area contributed by atoms with Crippen molar-refractivity contribution in [2.24, 2.45) is 0 Å². The topological polar surface area (TPSA) is 59.4 Å². The number of carboxylic acid groups (broad SMARTS) is 1. The summed E-state index contributed by atoms with van der Waals surface area (Å²) < 4.78 is 6.22. The second kappa shape index (κ2) is 4.63. The van der Waals surface area contributed by atoms with Crippen molar-refractivity contribution in [3.8, 4) is 11.5 Å². The van der Waals surface area contributed by atoms with Crippen LogP contribution in [0.1, 0.15) is 9.67 Å². The molecule has 0 aliphatic heterocycles. The van der Waals surface area contributed by atoms with Crippen molar-refractivity contribution >= 4 is 33.2 Å². The van der Waals surface area contributed by atoms with E-state index in [2.05, 4.69) is 20.9 Å². The summed E-state index contributed by atoms with van der Waals surface area (Å²) in [4.78, 5) is 14.8. The van der Waals surface area contributed by atoms with Crippen LogP contribution in [-0.2, 0) is 0 Å². The first kappa shape index (κ1) is 11.1. The number of hydrogen-bond donors (Lipinski definition) is 1. The molecule has 2 heterocycles. The van der Waals surface area contributed by atoms with Gasteiger partial charge in [-0.3, -0.25) is 4.98 Å². The summed E-state index contributed by atoms with van der Waals surface area (Å²) in [6.07, 6.45) is 3.21. The number of nitrogens with zero attached hydrogens (tertiary/aromatic N) is 1. The number of aromatic nitrogens is 1. The molecule has 0 fully saturated rings. The van der Waals surface area contributed by atoms with Gasteiger partial charge >= 0.3 is 5.97 Å². The van der Waals surface area contributed by atoms with E-state index < -0.39 is 5.97 Å². The van der Waals surface area contributed by atoms with Gasteiger partial charge in [0.15, 0.2) is 0 Å². The molecular formula is C10H6BrNO3S. The van der Waals surface area contributed by atoms with Crippen LogP contribution >= 0.6 is 27.3 Å². The van der Waals surface area contributed by atoms with Gasteiger partial charge in [0.05, 0.1) is 4.47 Å². The number of ether oxygens (including phenoxy) is 1. The van der Waals surface area contributed by atoms with Gasteiger partial charge in [-0.25, -0.2) is 4.79 Å². The number of carboxylic acids is 1. The highest BCUT2D eigenvalue weighted by Crippen LogP contribution is 2.31. The summed E-state index contributed by atoms with van der Waals surface area (Å²) in [5.41, 5.74) is 0. The molecule has 1 N–H and O–H groups in total. The fraction of sp³-hybridized carbons (Fsp3) is 0. The van der Waals surface area contributed by atoms with Crippen molar-refractivity contribution in [1.29, 1.82) is 0 Å². The second-order valence-corrected chi connectivity index (χ2v) is 4.63. The van der Waals surface area contributed by atoms with E-state index in [4.69, 9.17) is 9.84 Å². The Kier molecular flexibility index (Phi) is 3.21. The largest absolute Gasteiger partial charge is 0.477 e. The van der Waals surface area contributed by atoms with Gasteiger partial charge in [0, 0.05) is 29.9 Å². The Bertz CT molecular complexity index is 526. The second-order valence-electron chi connectivity index (χ2n) is 2.86. The van der Waals surface area contributed by atoms with Crippen molar-refractivity contribution in [2.75, 3.05) is 0 Å². The fourth-order valence-corrected chi connectivity index (χ4v) is 2.03. The predicted octanol–water partition coefficient (Wildman–Crippen LogP) is 3.40. The number of hydrogen-bond acceptors (Lipinski definition) is 4. The van der Waals surface area contributed by atoms with E-state index >= 15 is 0 Å². The molecule has 0 radical (unpaired) electrons. The van der Waals surface area contributed by atoms with Crippen molar-refractivity contribution in [2.45, 2.75) is 0 Å². The maximum atomic E-state index is 10.7. The van der Waals surface area contributed by atoms with Crippen LogP contribution in [0.4, 0.5) is 0 Å². The molecule has 0 bridgehead atoms. The number of carbonyl (C=O) groups is 1. The summed E-state index contributed by atoms with van der Waals surface area (Å²) in [5, 5.41) is 10.4. The Balaban J connectivity index is 2.21. The molecule has 82 valence electrons. The predicted molar refractivity (Wildman–Crippen MR) is 63.3 cm³/mol. The Morgan fingerprint density at radius 3 is 3.00 bits per heavy atom. The maximum Gasteiger partial charge on any atom is 0.346 e. The van der Waals surface area contributed by atoms with E-state index in [1.165, 1.54) is 6.07 Å². The lowest BCUT2D eigenvalue weighted by atomic mass is 10.4. The van der Waals surface area contributed by atoms with Crippen LogP contribution in [0.15, 0.2) is 34.4 Å². The third-order valence-electron chi connectivity index (χ3n) is 1.75. The summed E-state index contributed by atoms with van der Waals surface area (Å²) in [6.45, 7) is 0. The molecule has 2 aromatic heterocycles. The minimum Gasteiger partial charge on any atom is -0.477 e. The van der Waals surface area contributed by atoms with Crippen LogP contribution in [0.25, 0.3) is 0 Å². The maximum absolute atomic E-state index is 10.7. The highest BCUT2D eigenvalue weighted by Gasteiger charge is 2.09. The van der Waals surface area contributed by atoms with Gasteiger partial charge in [-0.2, -0.15) is 0 Å². The first-order valence-corrected chi connectivity index (χ1v) is 5.93. The molecule has 0 amide bonds. The normalized spacial score (nSPS) is 10.1. The van der Waals surface area contributed by atoms with Crippen molar-refractivity contribution in [1.82, 2.24) is 4.98 Å². The van der Waals surface area contributed by atoms with E-state index in [0.29, 0.717) is 11.5 Å². The quantitative estimate of drug-likeness (QED) is 0.944. The number of thiophene rings is 1. The van der Waals surface area contributed by atoms with Gasteiger partial charge in [0.2, 0.25) is 0 Å². The minimum absolute atomic E-state index is 0.250. The minimum atomic E-state index is -0.950. The third-order valence-corrected chi connectivity index (χ3v) is 3.24. The molecular weight excluding hydrogens is 294 g/mol. The summed E-state index contributed by atoms with van der Waals surface area (Å²) in [6, 6.07) is 3.18. The van der Waals surface area contributed by atoms with E-state index in [0.717, 1.165) is 15.8 Å². The Morgan fingerprint density at radius 1 is 1.56 bits per heavy atom. The smallest absolute Gasteiger partial charge is 0.346 e. The van der Waals surface area contributed by atoms with Gasteiger partial charge in [-0.15, -0.1) is 11.3 Å². The van der Waals surface area contributed by atoms with E-state index in [-0.39, 0.29) is 4.88 Å². The van der Waals surface area contributed by atoms with Crippen LogP contribution in [0.5, 0.6) is 11.5 Å². The molecule has 16 heavy (non-hydrogen) atoms. The molecule has 0 unspecified atom stereocenters. The lowest BCUT2D eigenvalue weighted by Crippen LogP contribution is -1.90. The zero-order valence-corrected chi connectivity index (χ0v) is 10.3. The molecule has 2 rings (SSSR count). The highest BCUT2D eigenvalue weighted by atomic mass is 79.9. The lowest BCUT2D eigenvalue weighted by molar-refractivity contribution is 0.0702. The van der Waals surface area contributed by atoms with E-state index in [9.17, 15) is 4.79 Å². The fourth-order valence-electron chi connectivity index (χ4n) is 1.06. The molecule has 2 aromatic rings. The number of rotatable bonds is 3. The third kappa shape index (κ3) is 2.40. The summed E-state index contributed by atoms with van der Waals surface area (Å²) >= 11 is 4.42. The number of aromatic carboxylic acids is 1. The van der Waals surface area contributed by atoms with Crippen molar-refractivity contribution < 1.29 is 14.6 Å². The van der Waals surface area contributed by atoms with E-state index in [1.54, 1.807) is 23.8 Å². The summed E-state index contributed by atoms with van der Waals surface area (Å²) in [5.74, 6) is 0.160. The molecule has 0 aliphatic rings. The Morgan fingerprint density at radius 2 is 2.38 bits per heavy atom. The zero-order valence-electron chi connectivity index (χ0n) is 7.88. The summed E-state index contributed by atoms with van der Waals surface area (Å²) in [7, 11) is 0. The van der Waals surface area contributed by atoms with Gasteiger partial charge in [-0.1, -0.05) is 0 Å². The molecule has 0 aromatic carbocycles. The van der Waals surface area contributed by atoms with Gasteiger partial charge in [0.25, 0.3) is 0 Å². The van der Waals surface area contributed by atoms with Crippen LogP contribution in [0.2, 0.25) is 0 Å². The van der Waals surface area contributed by atoms with Crippen molar-refractivity contribution in [3.63, 3.8) is 0 Å². The molecule has 4 nitrogen and oxygen atoms in total. The first-order valence-electron chi connectivity index (χ1n) is 4.26. The molecule has 0 aliphatic carbocycles. The number of halogens is 1. The number of pyridine rings is 1. The Hall–Kier alpha value is -1.40. The zero-order chi connectivity index (χ0) is 11.5. The van der Waals surface area contributed by atoms with Gasteiger partial charge < -0.3 is 9.84 Å². The van der Waals surface area contributed by atoms with Gasteiger partial charge in [0.1, 0.15) is 16.4 Å². The van der Waals surface area contributed by atoms with E-state index in [1.807, 2.05) is 0 Å². The monoisotopic (exact) mass is 299 g/mol. The standard InChI is InChI=1S/C10H6BrNO3S/c11-7-4-12-2-1-8(7)15-6-3-9(10(13)14)16-5-6/h1-5H,(H,13,14). The van der Waals surface area contributed by atoms with Crippen LogP contribution in [0.3, 0.4) is 0 Å². The lowest BCUT2D eigenvalue weighted by Gasteiger charge is -2.03. The molecule has 0 saturated heterocycles. The average Bonchev–Trinajstić information content (AvgIpc) is 2.70. The molecule has 0 saturated carbocycles. The van der Waals surface area contributed by atoms with Crippen LogP contribution in [0, 0.1) is 0 Å². The van der Waals surface area contributed by atoms with Crippen molar-refractivity contribution in [3.05, 3.63) is 39.3 Å². The van der Waals surface area contributed by atoms with Crippen LogP contribution < -0.4 is 4.74 Å². The Labute approximate surface area is 104 Å². The van der Waals surface area contributed by atoms with Gasteiger partial charge in [-0.05, 0) is 15.9 Å². The molecule has 0 atom stereocenters. The first-order chi connectivity index (χ1) is 7.66. The van der Waals surface area contributed by atoms with Crippen LogP contribution in [-0.4, -0.2) is 16.1 Å². The SMILES string of the molecule is O=C(O)c1cc(Oc2ccncc2Br)cs1. The molecule has 6 heteroatoms. The molecule has 0 spiro atoms.